The summed E-state index contributed by atoms with van der Waals surface area (Å²) < 4.78 is 3.46. The summed E-state index contributed by atoms with van der Waals surface area (Å²) in [6.07, 6.45) is 3.51. The van der Waals surface area contributed by atoms with Crippen LogP contribution in [0, 0.1) is 6.92 Å². The van der Waals surface area contributed by atoms with Crippen LogP contribution in [0.3, 0.4) is 0 Å². The average Bonchev–Trinajstić information content (AvgIpc) is 3.36. The molecule has 4 rings (SSSR count). The van der Waals surface area contributed by atoms with Crippen LogP contribution < -0.4 is 5.32 Å². The van der Waals surface area contributed by atoms with Crippen LogP contribution in [0.1, 0.15) is 34.7 Å². The molecule has 29 heavy (non-hydrogen) atoms. The van der Waals surface area contributed by atoms with E-state index >= 15 is 0 Å². The van der Waals surface area contributed by atoms with Gasteiger partial charge in [-0.2, -0.15) is 10.2 Å². The number of rotatable bonds is 5. The Hall–Kier alpha value is -3.38. The molecule has 2 aromatic heterocycles. The van der Waals surface area contributed by atoms with Gasteiger partial charge in [0.15, 0.2) is 5.69 Å². The van der Waals surface area contributed by atoms with E-state index in [1.54, 1.807) is 29.2 Å². The van der Waals surface area contributed by atoms with Crippen molar-refractivity contribution in [1.82, 2.24) is 24.9 Å². The Morgan fingerprint density at radius 1 is 1.07 bits per heavy atom. The van der Waals surface area contributed by atoms with Gasteiger partial charge < -0.3 is 5.32 Å². The fourth-order valence-corrected chi connectivity index (χ4v) is 3.46. The van der Waals surface area contributed by atoms with Gasteiger partial charge in [0.05, 0.1) is 28.6 Å². The van der Waals surface area contributed by atoms with E-state index in [0.717, 1.165) is 22.6 Å². The zero-order valence-corrected chi connectivity index (χ0v) is 16.8. The Bertz CT molecular complexity index is 1150. The second kappa shape index (κ2) is 7.93. The molecule has 146 valence electrons. The van der Waals surface area contributed by atoms with Crippen LogP contribution >= 0.6 is 11.6 Å². The van der Waals surface area contributed by atoms with E-state index in [9.17, 15) is 4.79 Å². The largest absolute Gasteiger partial charge is 0.344 e. The molecule has 0 aliphatic carbocycles. The molecule has 0 saturated heterocycles. The number of benzene rings is 2. The first kappa shape index (κ1) is 19.0. The van der Waals surface area contributed by atoms with Crippen molar-refractivity contribution in [3.63, 3.8) is 0 Å². The van der Waals surface area contributed by atoms with Crippen LogP contribution in [0.2, 0.25) is 5.02 Å². The number of hydrogen-bond acceptors (Lipinski definition) is 3. The number of halogens is 1. The molecule has 6 nitrogen and oxygen atoms in total. The van der Waals surface area contributed by atoms with Crippen LogP contribution in [0.5, 0.6) is 0 Å². The third-order valence-corrected chi connectivity index (χ3v) is 5.10. The summed E-state index contributed by atoms with van der Waals surface area (Å²) in [5.41, 5.74) is 3.96. The van der Waals surface area contributed by atoms with E-state index in [1.807, 2.05) is 67.1 Å². The molecule has 0 bridgehead atoms. The van der Waals surface area contributed by atoms with Gasteiger partial charge in [-0.1, -0.05) is 41.9 Å². The molecule has 1 unspecified atom stereocenters. The highest BCUT2D eigenvalue weighted by Gasteiger charge is 2.19. The molecular weight excluding hydrogens is 386 g/mol. The first-order valence-corrected chi connectivity index (χ1v) is 9.64. The van der Waals surface area contributed by atoms with Gasteiger partial charge in [0.1, 0.15) is 0 Å². The van der Waals surface area contributed by atoms with Crippen molar-refractivity contribution in [1.29, 1.82) is 0 Å². The number of amides is 1. The topological polar surface area (TPSA) is 64.7 Å². The third-order valence-electron chi connectivity index (χ3n) is 4.78. The Morgan fingerprint density at radius 2 is 1.79 bits per heavy atom. The summed E-state index contributed by atoms with van der Waals surface area (Å²) in [5.74, 6) is -0.254. The van der Waals surface area contributed by atoms with Crippen molar-refractivity contribution in [2.45, 2.75) is 19.9 Å². The molecule has 2 heterocycles. The third kappa shape index (κ3) is 3.79. The number of carbonyl (C=O) groups excluding carboxylic acids is 1. The predicted molar refractivity (Wildman–Crippen MR) is 113 cm³/mol. The standard InChI is InChI=1S/C22H20ClN5O/c1-15(18-14-24-28(16(18)2)17-8-4-3-5-9-17)25-22(29)20-12-13-27(26-20)21-11-7-6-10-19(21)23/h3-15H,1-2H3,(H,25,29). The molecule has 0 aliphatic rings. The van der Waals surface area contributed by atoms with Crippen molar-refractivity contribution in [3.05, 3.63) is 95.0 Å². The van der Waals surface area contributed by atoms with E-state index < -0.39 is 0 Å². The SMILES string of the molecule is Cc1c(C(C)NC(=O)c2ccn(-c3ccccc3Cl)n2)cnn1-c1ccccc1. The summed E-state index contributed by atoms with van der Waals surface area (Å²) in [5, 5.41) is 12.4. The normalized spacial score (nSPS) is 12.0. The summed E-state index contributed by atoms with van der Waals surface area (Å²) >= 11 is 6.21. The van der Waals surface area contributed by atoms with Gasteiger partial charge in [-0.05, 0) is 44.2 Å². The van der Waals surface area contributed by atoms with Gasteiger partial charge in [0.2, 0.25) is 0 Å². The second-order valence-corrected chi connectivity index (χ2v) is 7.13. The highest BCUT2D eigenvalue weighted by atomic mass is 35.5. The highest BCUT2D eigenvalue weighted by molar-refractivity contribution is 6.32. The lowest BCUT2D eigenvalue weighted by Crippen LogP contribution is -2.27. The fourth-order valence-electron chi connectivity index (χ4n) is 3.24. The number of aromatic nitrogens is 4. The van der Waals surface area contributed by atoms with Gasteiger partial charge >= 0.3 is 0 Å². The van der Waals surface area contributed by atoms with Crippen LogP contribution in [-0.2, 0) is 0 Å². The summed E-state index contributed by atoms with van der Waals surface area (Å²) in [6, 6.07) is 18.7. The maximum Gasteiger partial charge on any atom is 0.272 e. The maximum atomic E-state index is 12.7. The summed E-state index contributed by atoms with van der Waals surface area (Å²) in [6.45, 7) is 3.92. The first-order chi connectivity index (χ1) is 14.0. The van der Waals surface area contributed by atoms with Crippen molar-refractivity contribution < 1.29 is 4.79 Å². The smallest absolute Gasteiger partial charge is 0.272 e. The minimum Gasteiger partial charge on any atom is -0.344 e. The van der Waals surface area contributed by atoms with E-state index in [4.69, 9.17) is 11.6 Å². The Kier molecular flexibility index (Phi) is 5.18. The Balaban J connectivity index is 1.51. The van der Waals surface area contributed by atoms with Gasteiger partial charge in [0.25, 0.3) is 5.91 Å². The molecule has 1 atom stereocenters. The van der Waals surface area contributed by atoms with Gasteiger partial charge in [-0.15, -0.1) is 0 Å². The minimum absolute atomic E-state index is 0.217. The lowest BCUT2D eigenvalue weighted by atomic mass is 10.1. The summed E-state index contributed by atoms with van der Waals surface area (Å²) in [7, 11) is 0. The summed E-state index contributed by atoms with van der Waals surface area (Å²) in [4.78, 5) is 12.7. The Labute approximate surface area is 173 Å². The van der Waals surface area contributed by atoms with Crippen LogP contribution in [-0.4, -0.2) is 25.5 Å². The molecule has 1 N–H and O–H groups in total. The Morgan fingerprint density at radius 3 is 2.55 bits per heavy atom. The van der Waals surface area contributed by atoms with E-state index in [0.29, 0.717) is 10.7 Å². The van der Waals surface area contributed by atoms with Gasteiger partial charge in [-0.25, -0.2) is 9.36 Å². The monoisotopic (exact) mass is 405 g/mol. The first-order valence-electron chi connectivity index (χ1n) is 9.26. The number of para-hydroxylation sites is 2. The van der Waals surface area contributed by atoms with Crippen molar-refractivity contribution in [3.8, 4) is 11.4 Å². The van der Waals surface area contributed by atoms with Crippen LogP contribution in [0.15, 0.2) is 73.1 Å². The lowest BCUT2D eigenvalue weighted by molar-refractivity contribution is 0.0934. The molecule has 0 fully saturated rings. The van der Waals surface area contributed by atoms with Crippen molar-refractivity contribution in [2.24, 2.45) is 0 Å². The number of nitrogens with one attached hydrogen (secondary N) is 1. The van der Waals surface area contributed by atoms with Crippen LogP contribution in [0.25, 0.3) is 11.4 Å². The number of nitrogens with zero attached hydrogens (tertiary/aromatic N) is 4. The molecular formula is C22H20ClN5O. The highest BCUT2D eigenvalue weighted by Crippen LogP contribution is 2.21. The van der Waals surface area contributed by atoms with E-state index in [1.165, 1.54) is 0 Å². The molecule has 4 aromatic rings. The molecule has 7 heteroatoms. The minimum atomic E-state index is -0.254. The van der Waals surface area contributed by atoms with E-state index in [2.05, 4.69) is 15.5 Å². The second-order valence-electron chi connectivity index (χ2n) is 6.72. The molecule has 1 amide bonds. The zero-order valence-electron chi connectivity index (χ0n) is 16.1. The lowest BCUT2D eigenvalue weighted by Gasteiger charge is -2.13. The van der Waals surface area contributed by atoms with E-state index in [-0.39, 0.29) is 11.9 Å². The molecule has 0 spiro atoms. The molecule has 0 saturated carbocycles. The molecule has 0 radical (unpaired) electrons. The van der Waals surface area contributed by atoms with Crippen LogP contribution in [0.4, 0.5) is 0 Å². The zero-order chi connectivity index (χ0) is 20.4. The number of carbonyl (C=O) groups is 1. The predicted octanol–water partition coefficient (Wildman–Crippen LogP) is 4.51. The van der Waals surface area contributed by atoms with Gasteiger partial charge in [0, 0.05) is 17.5 Å². The fraction of sp³-hybridized carbons (Fsp3) is 0.136. The quantitative estimate of drug-likeness (QED) is 0.531. The van der Waals surface area contributed by atoms with Crippen molar-refractivity contribution in [2.75, 3.05) is 0 Å². The average molecular weight is 406 g/mol. The molecule has 0 aliphatic heterocycles. The molecule has 2 aromatic carbocycles. The number of hydrogen-bond donors (Lipinski definition) is 1. The van der Waals surface area contributed by atoms with Crippen molar-refractivity contribution >= 4 is 17.5 Å². The maximum absolute atomic E-state index is 12.7. The van der Waals surface area contributed by atoms with Gasteiger partial charge in [-0.3, -0.25) is 4.79 Å².